The molecule has 3 heterocycles. The monoisotopic (exact) mass is 353 g/mol. The first-order chi connectivity index (χ1) is 12.8. The van der Waals surface area contributed by atoms with Gasteiger partial charge in [0.05, 0.1) is 5.56 Å². The fourth-order valence-corrected chi connectivity index (χ4v) is 3.41. The number of nitrogens with zero attached hydrogens (tertiary/aromatic N) is 2. The molecule has 1 saturated heterocycles. The zero-order valence-electron chi connectivity index (χ0n) is 14.7. The van der Waals surface area contributed by atoms with E-state index >= 15 is 0 Å². The Morgan fingerprint density at radius 1 is 1.12 bits per heavy atom. The van der Waals surface area contributed by atoms with E-state index in [0.717, 1.165) is 55.2 Å². The number of rotatable bonds is 5. The third-order valence-electron chi connectivity index (χ3n) is 4.74. The van der Waals surface area contributed by atoms with Crippen molar-refractivity contribution in [3.05, 3.63) is 47.7 Å². The molecule has 0 spiro atoms. The van der Waals surface area contributed by atoms with Crippen molar-refractivity contribution in [1.29, 1.82) is 0 Å². The van der Waals surface area contributed by atoms with Gasteiger partial charge in [-0.1, -0.05) is 6.07 Å². The first kappa shape index (κ1) is 16.7. The van der Waals surface area contributed by atoms with Crippen molar-refractivity contribution < 1.29 is 14.3 Å². The van der Waals surface area contributed by atoms with Crippen LogP contribution >= 0.6 is 0 Å². The normalized spacial score (nSPS) is 15.8. The maximum atomic E-state index is 12.6. The van der Waals surface area contributed by atoms with Crippen LogP contribution in [-0.2, 0) is 6.42 Å². The van der Waals surface area contributed by atoms with Crippen molar-refractivity contribution in [3.8, 4) is 11.5 Å². The summed E-state index contributed by atoms with van der Waals surface area (Å²) in [5, 5.41) is 3.01. The average Bonchev–Trinajstić information content (AvgIpc) is 3.22. The van der Waals surface area contributed by atoms with Crippen molar-refractivity contribution in [2.24, 2.45) is 0 Å². The van der Waals surface area contributed by atoms with Gasteiger partial charge >= 0.3 is 0 Å². The summed E-state index contributed by atoms with van der Waals surface area (Å²) in [6.45, 7) is 3.66. The van der Waals surface area contributed by atoms with Crippen molar-refractivity contribution in [2.45, 2.75) is 19.3 Å². The predicted octanol–water partition coefficient (Wildman–Crippen LogP) is 2.43. The van der Waals surface area contributed by atoms with Crippen LogP contribution in [0.3, 0.4) is 0 Å². The van der Waals surface area contributed by atoms with Crippen LogP contribution in [-0.4, -0.2) is 43.7 Å². The highest BCUT2D eigenvalue weighted by molar-refractivity contribution is 5.98. The summed E-state index contributed by atoms with van der Waals surface area (Å²) in [5.41, 5.74) is 1.76. The molecule has 136 valence electrons. The highest BCUT2D eigenvalue weighted by Gasteiger charge is 2.20. The van der Waals surface area contributed by atoms with Crippen LogP contribution < -0.4 is 19.7 Å². The van der Waals surface area contributed by atoms with E-state index in [2.05, 4.69) is 15.2 Å². The van der Waals surface area contributed by atoms with Gasteiger partial charge in [-0.15, -0.1) is 0 Å². The predicted molar refractivity (Wildman–Crippen MR) is 99.2 cm³/mol. The second-order valence-corrected chi connectivity index (χ2v) is 6.55. The van der Waals surface area contributed by atoms with Gasteiger partial charge in [-0.3, -0.25) is 4.79 Å². The summed E-state index contributed by atoms with van der Waals surface area (Å²) in [6.07, 6.45) is 4.80. The minimum Gasteiger partial charge on any atom is -0.486 e. The first-order valence-corrected chi connectivity index (χ1v) is 9.18. The molecule has 2 aliphatic heterocycles. The number of anilines is 1. The second-order valence-electron chi connectivity index (χ2n) is 6.55. The molecule has 1 aromatic carbocycles. The van der Waals surface area contributed by atoms with Gasteiger partial charge in [0.2, 0.25) is 0 Å². The molecule has 1 aromatic heterocycles. The summed E-state index contributed by atoms with van der Waals surface area (Å²) >= 11 is 0. The number of benzene rings is 1. The van der Waals surface area contributed by atoms with Crippen molar-refractivity contribution in [2.75, 3.05) is 37.7 Å². The Balaban J connectivity index is 1.37. The lowest BCUT2D eigenvalue weighted by molar-refractivity contribution is 0.0954. The molecule has 0 aliphatic carbocycles. The number of pyridine rings is 1. The largest absolute Gasteiger partial charge is 0.486 e. The van der Waals surface area contributed by atoms with Gasteiger partial charge in [-0.2, -0.15) is 0 Å². The molecule has 6 heteroatoms. The SMILES string of the molecule is O=C(NCCc1ccc2c(c1)OCCO2)c1cccnc1N1CCCC1. The highest BCUT2D eigenvalue weighted by atomic mass is 16.6. The van der Waals surface area contributed by atoms with E-state index in [1.165, 1.54) is 0 Å². The molecular formula is C20H23N3O3. The summed E-state index contributed by atoms with van der Waals surface area (Å²) in [5.74, 6) is 2.29. The number of amides is 1. The van der Waals surface area contributed by atoms with Gasteiger partial charge in [0.25, 0.3) is 5.91 Å². The average molecular weight is 353 g/mol. The van der Waals surface area contributed by atoms with Crippen molar-refractivity contribution >= 4 is 11.7 Å². The number of fused-ring (bicyclic) bond motifs is 1. The van der Waals surface area contributed by atoms with E-state index < -0.39 is 0 Å². The van der Waals surface area contributed by atoms with Gasteiger partial charge in [0.1, 0.15) is 19.0 Å². The summed E-state index contributed by atoms with van der Waals surface area (Å²) < 4.78 is 11.1. The topological polar surface area (TPSA) is 63.7 Å². The molecule has 2 aliphatic rings. The van der Waals surface area contributed by atoms with Crippen LogP contribution in [0, 0.1) is 0 Å². The molecule has 6 nitrogen and oxygen atoms in total. The number of aromatic nitrogens is 1. The molecular weight excluding hydrogens is 330 g/mol. The first-order valence-electron chi connectivity index (χ1n) is 9.18. The molecule has 0 saturated carbocycles. The number of nitrogens with one attached hydrogen (secondary N) is 1. The Labute approximate surface area is 153 Å². The molecule has 0 bridgehead atoms. The summed E-state index contributed by atoms with van der Waals surface area (Å²) in [6, 6.07) is 9.59. The van der Waals surface area contributed by atoms with Crippen LogP contribution in [0.4, 0.5) is 5.82 Å². The third-order valence-corrected chi connectivity index (χ3v) is 4.74. The van der Waals surface area contributed by atoms with E-state index in [-0.39, 0.29) is 5.91 Å². The number of hydrogen-bond donors (Lipinski definition) is 1. The molecule has 0 atom stereocenters. The van der Waals surface area contributed by atoms with Crippen LogP contribution in [0.15, 0.2) is 36.5 Å². The minimum absolute atomic E-state index is 0.0717. The van der Waals surface area contributed by atoms with Crippen LogP contribution in [0.1, 0.15) is 28.8 Å². The molecule has 0 radical (unpaired) electrons. The molecule has 0 unspecified atom stereocenters. The van der Waals surface area contributed by atoms with Crippen LogP contribution in [0.5, 0.6) is 11.5 Å². The smallest absolute Gasteiger partial charge is 0.255 e. The Morgan fingerprint density at radius 2 is 1.92 bits per heavy atom. The second kappa shape index (κ2) is 7.64. The molecule has 2 aromatic rings. The van der Waals surface area contributed by atoms with Gasteiger partial charge < -0.3 is 19.7 Å². The standard InChI is InChI=1S/C20H23N3O3/c24-20(16-4-3-8-21-19(16)23-10-1-2-11-23)22-9-7-15-5-6-17-18(14-15)26-13-12-25-17/h3-6,8,14H,1-2,7,9-13H2,(H,22,24). The lowest BCUT2D eigenvalue weighted by Crippen LogP contribution is -2.29. The Morgan fingerprint density at radius 3 is 2.77 bits per heavy atom. The van der Waals surface area contributed by atoms with E-state index in [9.17, 15) is 4.79 Å². The third kappa shape index (κ3) is 3.59. The fourth-order valence-electron chi connectivity index (χ4n) is 3.41. The fraction of sp³-hybridized carbons (Fsp3) is 0.400. The van der Waals surface area contributed by atoms with Crippen molar-refractivity contribution in [1.82, 2.24) is 10.3 Å². The lowest BCUT2D eigenvalue weighted by Gasteiger charge is -2.20. The number of carbonyl (C=O) groups excluding carboxylic acids is 1. The number of carbonyl (C=O) groups is 1. The number of hydrogen-bond acceptors (Lipinski definition) is 5. The quantitative estimate of drug-likeness (QED) is 0.894. The van der Waals surface area contributed by atoms with Crippen LogP contribution in [0.2, 0.25) is 0 Å². The maximum absolute atomic E-state index is 12.6. The molecule has 1 fully saturated rings. The van der Waals surface area contributed by atoms with Crippen molar-refractivity contribution in [3.63, 3.8) is 0 Å². The van der Waals surface area contributed by atoms with Gasteiger partial charge in [0.15, 0.2) is 11.5 Å². The minimum atomic E-state index is -0.0717. The lowest BCUT2D eigenvalue weighted by atomic mass is 10.1. The van der Waals surface area contributed by atoms with E-state index in [4.69, 9.17) is 9.47 Å². The summed E-state index contributed by atoms with van der Waals surface area (Å²) in [4.78, 5) is 19.2. The molecule has 26 heavy (non-hydrogen) atoms. The van der Waals surface area contributed by atoms with E-state index in [0.29, 0.717) is 25.3 Å². The van der Waals surface area contributed by atoms with Crippen LogP contribution in [0.25, 0.3) is 0 Å². The van der Waals surface area contributed by atoms with Gasteiger partial charge in [-0.05, 0) is 49.1 Å². The van der Waals surface area contributed by atoms with E-state index in [1.54, 1.807) is 6.20 Å². The zero-order chi connectivity index (χ0) is 17.8. The molecule has 4 rings (SSSR count). The zero-order valence-corrected chi connectivity index (χ0v) is 14.7. The molecule has 1 N–H and O–H groups in total. The maximum Gasteiger partial charge on any atom is 0.255 e. The van der Waals surface area contributed by atoms with Gasteiger partial charge in [0, 0.05) is 25.8 Å². The summed E-state index contributed by atoms with van der Waals surface area (Å²) in [7, 11) is 0. The highest BCUT2D eigenvalue weighted by Crippen LogP contribution is 2.30. The molecule has 1 amide bonds. The number of ether oxygens (including phenoxy) is 2. The van der Waals surface area contributed by atoms with E-state index in [1.807, 2.05) is 30.3 Å². The Kier molecular flexibility index (Phi) is 4.91. The Bertz CT molecular complexity index is 788. The van der Waals surface area contributed by atoms with Gasteiger partial charge in [-0.25, -0.2) is 4.98 Å². The Hall–Kier alpha value is -2.76.